The Morgan fingerprint density at radius 3 is 2.62 bits per heavy atom. The summed E-state index contributed by atoms with van der Waals surface area (Å²) in [4.78, 5) is 20.9. The number of methoxy groups -OCH3 is 1. The molecule has 0 fully saturated rings. The Morgan fingerprint density at radius 2 is 1.88 bits per heavy atom. The lowest BCUT2D eigenvalue weighted by molar-refractivity contribution is 0.102. The maximum Gasteiger partial charge on any atom is 0.274 e. The Bertz CT molecular complexity index is 929. The fourth-order valence-electron chi connectivity index (χ4n) is 2.28. The van der Waals surface area contributed by atoms with E-state index in [0.717, 1.165) is 17.0 Å². The van der Waals surface area contributed by atoms with Gasteiger partial charge < -0.3 is 15.4 Å². The second kappa shape index (κ2) is 7.84. The Morgan fingerprint density at radius 1 is 1.12 bits per heavy atom. The lowest BCUT2D eigenvalue weighted by Crippen LogP contribution is -2.15. The number of carbonyl (C=O) groups is 1. The second-order valence-electron chi connectivity index (χ2n) is 5.49. The van der Waals surface area contributed by atoms with E-state index in [1.807, 2.05) is 31.2 Å². The number of aromatic nitrogens is 2. The fraction of sp³-hybridized carbons (Fsp3) is 0.105. The van der Waals surface area contributed by atoms with E-state index in [9.17, 15) is 4.79 Å². The van der Waals surface area contributed by atoms with Crippen LogP contribution in [0.4, 0.5) is 17.3 Å². The summed E-state index contributed by atoms with van der Waals surface area (Å²) in [6, 6.07) is 14.2. The number of anilines is 3. The van der Waals surface area contributed by atoms with Crippen molar-refractivity contribution in [2.24, 2.45) is 0 Å². The molecule has 1 amide bonds. The number of hydrogen-bond donors (Lipinski definition) is 2. The number of rotatable bonds is 5. The van der Waals surface area contributed by atoms with Gasteiger partial charge in [0.2, 0.25) is 5.95 Å². The largest absolute Gasteiger partial charge is 0.497 e. The zero-order valence-electron chi connectivity index (χ0n) is 14.3. The molecule has 0 unspecified atom stereocenters. The predicted octanol–water partition coefficient (Wildman–Crippen LogP) is 4.44. The summed E-state index contributed by atoms with van der Waals surface area (Å²) in [6.45, 7) is 1.84. The second-order valence-corrected chi connectivity index (χ2v) is 5.89. The molecule has 0 spiro atoms. The molecule has 3 aromatic rings. The predicted molar refractivity (Wildman–Crippen MR) is 102 cm³/mol. The standard InChI is InChI=1S/C19H17ClN4O2/c1-12-15(20)4-3-5-16(12)23-18(25)17-10-11-21-19(24-17)22-13-6-8-14(26-2)9-7-13/h3-11H,1-2H3,(H,23,25)(H,21,22,24). The molecule has 1 aromatic heterocycles. The third-order valence-corrected chi connectivity index (χ3v) is 4.16. The number of amides is 1. The van der Waals surface area contributed by atoms with Gasteiger partial charge in [-0.1, -0.05) is 17.7 Å². The normalized spacial score (nSPS) is 10.3. The highest BCUT2D eigenvalue weighted by molar-refractivity contribution is 6.31. The molecule has 0 bridgehead atoms. The quantitative estimate of drug-likeness (QED) is 0.696. The van der Waals surface area contributed by atoms with Crippen molar-refractivity contribution in [1.82, 2.24) is 9.97 Å². The van der Waals surface area contributed by atoms with Crippen molar-refractivity contribution in [1.29, 1.82) is 0 Å². The zero-order valence-corrected chi connectivity index (χ0v) is 15.0. The van der Waals surface area contributed by atoms with Gasteiger partial charge in [0.05, 0.1) is 7.11 Å². The molecule has 1 heterocycles. The van der Waals surface area contributed by atoms with Crippen LogP contribution >= 0.6 is 11.6 Å². The first-order valence-electron chi connectivity index (χ1n) is 7.87. The molecule has 0 aliphatic carbocycles. The van der Waals surface area contributed by atoms with Crippen LogP contribution in [0.1, 0.15) is 16.1 Å². The van der Waals surface area contributed by atoms with Crippen LogP contribution in [-0.2, 0) is 0 Å². The lowest BCUT2D eigenvalue weighted by atomic mass is 10.2. The summed E-state index contributed by atoms with van der Waals surface area (Å²) in [7, 11) is 1.61. The molecule has 0 aliphatic heterocycles. The average molecular weight is 369 g/mol. The number of halogens is 1. The van der Waals surface area contributed by atoms with Gasteiger partial charge in [0, 0.05) is 22.6 Å². The molecule has 7 heteroatoms. The van der Waals surface area contributed by atoms with E-state index in [2.05, 4.69) is 20.6 Å². The van der Waals surface area contributed by atoms with E-state index in [0.29, 0.717) is 16.7 Å². The number of hydrogen-bond acceptors (Lipinski definition) is 5. The zero-order chi connectivity index (χ0) is 18.5. The molecule has 3 rings (SSSR count). The minimum atomic E-state index is -0.337. The number of nitrogens with zero attached hydrogens (tertiary/aromatic N) is 2. The molecular weight excluding hydrogens is 352 g/mol. The van der Waals surface area contributed by atoms with E-state index in [1.165, 1.54) is 6.20 Å². The van der Waals surface area contributed by atoms with Crippen LogP contribution < -0.4 is 15.4 Å². The highest BCUT2D eigenvalue weighted by Gasteiger charge is 2.11. The number of benzene rings is 2. The topological polar surface area (TPSA) is 76.1 Å². The molecule has 0 saturated heterocycles. The van der Waals surface area contributed by atoms with E-state index < -0.39 is 0 Å². The summed E-state index contributed by atoms with van der Waals surface area (Å²) in [5.74, 6) is 0.739. The molecule has 26 heavy (non-hydrogen) atoms. The molecule has 0 aliphatic rings. The van der Waals surface area contributed by atoms with E-state index >= 15 is 0 Å². The summed E-state index contributed by atoms with van der Waals surface area (Å²) in [6.07, 6.45) is 1.53. The molecule has 2 aromatic carbocycles. The van der Waals surface area contributed by atoms with Crippen molar-refractivity contribution in [3.63, 3.8) is 0 Å². The molecule has 0 atom stereocenters. The minimum Gasteiger partial charge on any atom is -0.497 e. The Balaban J connectivity index is 1.75. The van der Waals surface area contributed by atoms with Gasteiger partial charge in [0.15, 0.2) is 0 Å². The maximum absolute atomic E-state index is 12.5. The van der Waals surface area contributed by atoms with Gasteiger partial charge in [0.25, 0.3) is 5.91 Å². The van der Waals surface area contributed by atoms with Crippen LogP contribution in [0.25, 0.3) is 0 Å². The summed E-state index contributed by atoms with van der Waals surface area (Å²) < 4.78 is 5.12. The van der Waals surface area contributed by atoms with Crippen molar-refractivity contribution >= 4 is 34.8 Å². The maximum atomic E-state index is 12.5. The smallest absolute Gasteiger partial charge is 0.274 e. The molecule has 2 N–H and O–H groups in total. The molecule has 132 valence electrons. The van der Waals surface area contributed by atoms with Crippen LogP contribution in [0, 0.1) is 6.92 Å². The van der Waals surface area contributed by atoms with Gasteiger partial charge in [0.1, 0.15) is 11.4 Å². The molecule has 6 nitrogen and oxygen atoms in total. The van der Waals surface area contributed by atoms with Crippen molar-refractivity contribution in [2.75, 3.05) is 17.7 Å². The van der Waals surface area contributed by atoms with Gasteiger partial charge >= 0.3 is 0 Å². The monoisotopic (exact) mass is 368 g/mol. The van der Waals surface area contributed by atoms with Crippen LogP contribution in [0.3, 0.4) is 0 Å². The summed E-state index contributed by atoms with van der Waals surface area (Å²) >= 11 is 6.08. The Hall–Kier alpha value is -3.12. The van der Waals surface area contributed by atoms with Gasteiger partial charge in [-0.3, -0.25) is 4.79 Å². The highest BCUT2D eigenvalue weighted by atomic mass is 35.5. The SMILES string of the molecule is COc1ccc(Nc2nccc(C(=O)Nc3cccc(Cl)c3C)n2)cc1. The van der Waals surface area contributed by atoms with Crippen LogP contribution in [0.5, 0.6) is 5.75 Å². The third kappa shape index (κ3) is 4.10. The van der Waals surface area contributed by atoms with Crippen LogP contribution in [-0.4, -0.2) is 23.0 Å². The average Bonchev–Trinajstić information content (AvgIpc) is 2.66. The van der Waals surface area contributed by atoms with Crippen molar-refractivity contribution < 1.29 is 9.53 Å². The molecule has 0 saturated carbocycles. The first-order chi connectivity index (χ1) is 12.6. The van der Waals surface area contributed by atoms with E-state index in [4.69, 9.17) is 16.3 Å². The first kappa shape index (κ1) is 17.7. The number of ether oxygens (including phenoxy) is 1. The summed E-state index contributed by atoms with van der Waals surface area (Å²) in [5.41, 5.74) is 2.48. The minimum absolute atomic E-state index is 0.246. The number of nitrogens with one attached hydrogen (secondary N) is 2. The van der Waals surface area contributed by atoms with Crippen LogP contribution in [0.15, 0.2) is 54.7 Å². The van der Waals surface area contributed by atoms with Gasteiger partial charge in [-0.05, 0) is 55.0 Å². The molecular formula is C19H17ClN4O2. The van der Waals surface area contributed by atoms with Gasteiger partial charge in [-0.2, -0.15) is 0 Å². The van der Waals surface area contributed by atoms with Crippen molar-refractivity contribution in [3.8, 4) is 5.75 Å². The van der Waals surface area contributed by atoms with E-state index in [1.54, 1.807) is 31.4 Å². The first-order valence-corrected chi connectivity index (χ1v) is 8.25. The Kier molecular flexibility index (Phi) is 5.34. The lowest BCUT2D eigenvalue weighted by Gasteiger charge is -2.10. The van der Waals surface area contributed by atoms with Crippen LogP contribution in [0.2, 0.25) is 5.02 Å². The van der Waals surface area contributed by atoms with Gasteiger partial charge in [-0.15, -0.1) is 0 Å². The fourth-order valence-corrected chi connectivity index (χ4v) is 2.45. The van der Waals surface area contributed by atoms with E-state index in [-0.39, 0.29) is 11.6 Å². The van der Waals surface area contributed by atoms with Crippen molar-refractivity contribution in [2.45, 2.75) is 6.92 Å². The Labute approximate surface area is 156 Å². The summed E-state index contributed by atoms with van der Waals surface area (Å²) in [5, 5.41) is 6.46. The molecule has 0 radical (unpaired) electrons. The highest BCUT2D eigenvalue weighted by Crippen LogP contribution is 2.23. The number of carbonyl (C=O) groups excluding carboxylic acids is 1. The third-order valence-electron chi connectivity index (χ3n) is 3.75. The van der Waals surface area contributed by atoms with Crippen molar-refractivity contribution in [3.05, 3.63) is 71.0 Å². The van der Waals surface area contributed by atoms with Gasteiger partial charge in [-0.25, -0.2) is 9.97 Å².